The topological polar surface area (TPSA) is 9.23 Å². The standard InChI is InChI=1S/C12H20O/c1-3-9-13-10-11(4-2)5-6-12-7-8-12/h1,11-12H,4-10H2,2H3. The van der Waals surface area contributed by atoms with E-state index in [4.69, 9.17) is 11.2 Å². The molecule has 1 aliphatic rings. The summed E-state index contributed by atoms with van der Waals surface area (Å²) in [7, 11) is 0. The Morgan fingerprint density at radius 3 is 2.85 bits per heavy atom. The Hall–Kier alpha value is -0.480. The maximum absolute atomic E-state index is 5.35. The number of hydrogen-bond acceptors (Lipinski definition) is 1. The van der Waals surface area contributed by atoms with Gasteiger partial charge in [-0.1, -0.05) is 38.5 Å². The van der Waals surface area contributed by atoms with Gasteiger partial charge in [-0.25, -0.2) is 0 Å². The molecule has 0 N–H and O–H groups in total. The lowest BCUT2D eigenvalue weighted by Crippen LogP contribution is -2.09. The van der Waals surface area contributed by atoms with Crippen LogP contribution in [-0.4, -0.2) is 13.2 Å². The summed E-state index contributed by atoms with van der Waals surface area (Å²) >= 11 is 0. The summed E-state index contributed by atoms with van der Waals surface area (Å²) in [5.74, 6) is 4.28. The highest BCUT2D eigenvalue weighted by molar-refractivity contribution is 4.83. The first kappa shape index (κ1) is 10.6. The molecule has 0 aliphatic heterocycles. The maximum atomic E-state index is 5.35. The molecule has 1 fully saturated rings. The number of hydrogen-bond donors (Lipinski definition) is 0. The van der Waals surface area contributed by atoms with Crippen LogP contribution in [0.3, 0.4) is 0 Å². The third kappa shape index (κ3) is 4.95. The molecule has 0 aromatic heterocycles. The first-order valence-electron chi connectivity index (χ1n) is 5.38. The second kappa shape index (κ2) is 6.05. The molecule has 13 heavy (non-hydrogen) atoms. The van der Waals surface area contributed by atoms with Crippen molar-refractivity contribution in [1.82, 2.24) is 0 Å². The predicted molar refractivity (Wildman–Crippen MR) is 55.4 cm³/mol. The Balaban J connectivity index is 1.99. The lowest BCUT2D eigenvalue weighted by Gasteiger charge is -2.13. The van der Waals surface area contributed by atoms with Crippen LogP contribution in [0.5, 0.6) is 0 Å². The van der Waals surface area contributed by atoms with Crippen molar-refractivity contribution in [3.8, 4) is 12.3 Å². The first-order valence-corrected chi connectivity index (χ1v) is 5.38. The van der Waals surface area contributed by atoms with E-state index in [2.05, 4.69) is 12.8 Å². The number of rotatable bonds is 7. The van der Waals surface area contributed by atoms with E-state index in [1.54, 1.807) is 0 Å². The minimum atomic E-state index is 0.472. The SMILES string of the molecule is C#CCOCC(CC)CCC1CC1. The van der Waals surface area contributed by atoms with Gasteiger partial charge in [0.15, 0.2) is 0 Å². The largest absolute Gasteiger partial charge is 0.369 e. The van der Waals surface area contributed by atoms with E-state index >= 15 is 0 Å². The highest BCUT2D eigenvalue weighted by atomic mass is 16.5. The van der Waals surface area contributed by atoms with Crippen LogP contribution in [0, 0.1) is 24.2 Å². The Labute approximate surface area is 81.9 Å². The monoisotopic (exact) mass is 180 g/mol. The van der Waals surface area contributed by atoms with Crippen LogP contribution < -0.4 is 0 Å². The Bertz CT molecular complexity index is 164. The summed E-state index contributed by atoms with van der Waals surface area (Å²) in [6.07, 6.45) is 12.0. The minimum absolute atomic E-state index is 0.472. The molecule has 1 saturated carbocycles. The van der Waals surface area contributed by atoms with Crippen LogP contribution in [0.2, 0.25) is 0 Å². The van der Waals surface area contributed by atoms with Crippen LogP contribution in [0.15, 0.2) is 0 Å². The molecule has 0 spiro atoms. The van der Waals surface area contributed by atoms with E-state index in [9.17, 15) is 0 Å². The summed E-state index contributed by atoms with van der Waals surface area (Å²) in [5, 5.41) is 0. The summed E-state index contributed by atoms with van der Waals surface area (Å²) in [5.41, 5.74) is 0. The zero-order valence-corrected chi connectivity index (χ0v) is 8.59. The van der Waals surface area contributed by atoms with Crippen molar-refractivity contribution in [2.75, 3.05) is 13.2 Å². The van der Waals surface area contributed by atoms with E-state index < -0.39 is 0 Å². The summed E-state index contributed by atoms with van der Waals surface area (Å²) in [6.45, 7) is 3.56. The van der Waals surface area contributed by atoms with Crippen molar-refractivity contribution in [1.29, 1.82) is 0 Å². The predicted octanol–water partition coefficient (Wildman–Crippen LogP) is 2.85. The maximum Gasteiger partial charge on any atom is 0.107 e. The van der Waals surface area contributed by atoms with Gasteiger partial charge in [0.25, 0.3) is 0 Å². The van der Waals surface area contributed by atoms with Crippen molar-refractivity contribution in [3.05, 3.63) is 0 Å². The molecular formula is C12H20O. The van der Waals surface area contributed by atoms with Gasteiger partial charge < -0.3 is 4.74 Å². The molecule has 1 rings (SSSR count). The molecule has 1 unspecified atom stereocenters. The number of ether oxygens (including phenoxy) is 1. The average Bonchev–Trinajstić information content (AvgIpc) is 2.94. The van der Waals surface area contributed by atoms with Crippen LogP contribution in [-0.2, 0) is 4.74 Å². The summed E-state index contributed by atoms with van der Waals surface area (Å²) < 4.78 is 5.35. The molecule has 0 heterocycles. The van der Waals surface area contributed by atoms with Gasteiger partial charge in [0.05, 0.1) is 6.61 Å². The van der Waals surface area contributed by atoms with Gasteiger partial charge >= 0.3 is 0 Å². The Morgan fingerprint density at radius 1 is 1.54 bits per heavy atom. The van der Waals surface area contributed by atoms with Crippen LogP contribution in [0.1, 0.15) is 39.0 Å². The molecule has 0 saturated heterocycles. The summed E-state index contributed by atoms with van der Waals surface area (Å²) in [6, 6.07) is 0. The minimum Gasteiger partial charge on any atom is -0.369 e. The molecule has 0 aromatic rings. The Morgan fingerprint density at radius 2 is 2.31 bits per heavy atom. The molecule has 1 nitrogen and oxygen atoms in total. The molecule has 1 aliphatic carbocycles. The van der Waals surface area contributed by atoms with Crippen LogP contribution in [0.25, 0.3) is 0 Å². The van der Waals surface area contributed by atoms with Crippen molar-refractivity contribution in [2.45, 2.75) is 39.0 Å². The zero-order chi connectivity index (χ0) is 9.52. The van der Waals surface area contributed by atoms with E-state index in [1.165, 1.54) is 32.1 Å². The molecule has 0 amide bonds. The highest BCUT2D eigenvalue weighted by Gasteiger charge is 2.21. The second-order valence-electron chi connectivity index (χ2n) is 4.01. The molecule has 1 heteroatoms. The molecule has 0 bridgehead atoms. The second-order valence-corrected chi connectivity index (χ2v) is 4.01. The quantitative estimate of drug-likeness (QED) is 0.432. The van der Waals surface area contributed by atoms with Crippen molar-refractivity contribution in [2.24, 2.45) is 11.8 Å². The summed E-state index contributed by atoms with van der Waals surface area (Å²) in [4.78, 5) is 0. The van der Waals surface area contributed by atoms with Gasteiger partial charge in [-0.05, 0) is 18.3 Å². The van der Waals surface area contributed by atoms with Gasteiger partial charge in [0.2, 0.25) is 0 Å². The normalized spacial score (nSPS) is 18.2. The van der Waals surface area contributed by atoms with E-state index in [0.29, 0.717) is 6.61 Å². The fourth-order valence-electron chi connectivity index (χ4n) is 1.57. The fraction of sp³-hybridized carbons (Fsp3) is 0.833. The molecule has 74 valence electrons. The third-order valence-corrected chi connectivity index (χ3v) is 2.80. The third-order valence-electron chi connectivity index (χ3n) is 2.80. The molecule has 1 atom stereocenters. The van der Waals surface area contributed by atoms with E-state index in [-0.39, 0.29) is 0 Å². The number of terminal acetylenes is 1. The first-order chi connectivity index (χ1) is 6.36. The van der Waals surface area contributed by atoms with Gasteiger partial charge in [0, 0.05) is 0 Å². The lowest BCUT2D eigenvalue weighted by atomic mass is 10.00. The van der Waals surface area contributed by atoms with Crippen molar-refractivity contribution in [3.63, 3.8) is 0 Å². The smallest absolute Gasteiger partial charge is 0.107 e. The molecular weight excluding hydrogens is 160 g/mol. The van der Waals surface area contributed by atoms with Crippen LogP contribution >= 0.6 is 0 Å². The zero-order valence-electron chi connectivity index (χ0n) is 8.59. The molecule has 0 aromatic carbocycles. The van der Waals surface area contributed by atoms with E-state index in [1.807, 2.05) is 0 Å². The van der Waals surface area contributed by atoms with E-state index in [0.717, 1.165) is 18.4 Å². The lowest BCUT2D eigenvalue weighted by molar-refractivity contribution is 0.119. The van der Waals surface area contributed by atoms with Crippen molar-refractivity contribution >= 4 is 0 Å². The highest BCUT2D eigenvalue weighted by Crippen LogP contribution is 2.35. The van der Waals surface area contributed by atoms with Gasteiger partial charge in [-0.15, -0.1) is 6.42 Å². The average molecular weight is 180 g/mol. The Kier molecular flexibility index (Phi) is 4.93. The molecule has 0 radical (unpaired) electrons. The van der Waals surface area contributed by atoms with Gasteiger partial charge in [-0.3, -0.25) is 0 Å². The van der Waals surface area contributed by atoms with Crippen molar-refractivity contribution < 1.29 is 4.74 Å². The van der Waals surface area contributed by atoms with Gasteiger partial charge in [-0.2, -0.15) is 0 Å². The van der Waals surface area contributed by atoms with Crippen LogP contribution in [0.4, 0.5) is 0 Å². The van der Waals surface area contributed by atoms with Gasteiger partial charge in [0.1, 0.15) is 6.61 Å². The fourth-order valence-corrected chi connectivity index (χ4v) is 1.57.